The fraction of sp³-hybridized carbons (Fsp3) is 0.350. The highest BCUT2D eigenvalue weighted by Gasteiger charge is 2.52. The number of carbonyl (C=O) groups is 1. The summed E-state index contributed by atoms with van der Waals surface area (Å²) in [6, 6.07) is 15.6. The molecule has 1 amide bonds. The molecule has 1 N–H and O–H groups in total. The average Bonchev–Trinajstić information content (AvgIpc) is 3.35. The summed E-state index contributed by atoms with van der Waals surface area (Å²) in [6.07, 6.45) is 2.23. The van der Waals surface area contributed by atoms with Crippen LogP contribution in [0.25, 0.3) is 0 Å². The molecule has 1 aliphatic heterocycles. The van der Waals surface area contributed by atoms with Crippen molar-refractivity contribution in [1.82, 2.24) is 9.62 Å². The van der Waals surface area contributed by atoms with Crippen molar-refractivity contribution in [2.45, 2.75) is 35.6 Å². The van der Waals surface area contributed by atoms with E-state index in [4.69, 9.17) is 11.6 Å². The topological polar surface area (TPSA) is 66.5 Å². The minimum Gasteiger partial charge on any atom is -0.351 e. The third-order valence-electron chi connectivity index (χ3n) is 5.45. The Kier molecular flexibility index (Phi) is 4.74. The maximum absolute atomic E-state index is 12.9. The molecule has 0 bridgehead atoms. The number of amides is 1. The highest BCUT2D eigenvalue weighted by atomic mass is 35.5. The maximum Gasteiger partial charge on any atom is 0.243 e. The average molecular weight is 405 g/mol. The molecule has 0 radical (unpaired) electrons. The lowest BCUT2D eigenvalue weighted by Crippen LogP contribution is -2.43. The normalized spacial score (nSPS) is 21.7. The van der Waals surface area contributed by atoms with Gasteiger partial charge in [-0.05, 0) is 49.1 Å². The standard InChI is InChI=1S/C20H21ClN2O3S/c21-16-8-6-15(7-9-16)20(11-12-20)19(24)22-17-10-13-23(14-17)27(25,26)18-4-2-1-3-5-18/h1-9,17H,10-14H2,(H,22,24)/t17-/m0/s1. The van der Waals surface area contributed by atoms with Crippen LogP contribution in [0, 0.1) is 0 Å². The van der Waals surface area contributed by atoms with E-state index >= 15 is 0 Å². The summed E-state index contributed by atoms with van der Waals surface area (Å²) >= 11 is 5.95. The van der Waals surface area contributed by atoms with Crippen LogP contribution in [-0.4, -0.2) is 37.8 Å². The molecule has 0 spiro atoms. The van der Waals surface area contributed by atoms with Gasteiger partial charge in [-0.1, -0.05) is 41.9 Å². The van der Waals surface area contributed by atoms with E-state index in [1.54, 1.807) is 42.5 Å². The Morgan fingerprint density at radius 2 is 1.74 bits per heavy atom. The lowest BCUT2D eigenvalue weighted by atomic mass is 9.94. The predicted molar refractivity (Wildman–Crippen MR) is 104 cm³/mol. The van der Waals surface area contributed by atoms with Gasteiger partial charge in [-0.3, -0.25) is 4.79 Å². The first-order chi connectivity index (χ1) is 12.9. The van der Waals surface area contributed by atoms with Crippen LogP contribution in [0.1, 0.15) is 24.8 Å². The van der Waals surface area contributed by atoms with Crippen LogP contribution in [-0.2, 0) is 20.2 Å². The molecular formula is C20H21ClN2O3S. The lowest BCUT2D eigenvalue weighted by Gasteiger charge is -2.20. The van der Waals surface area contributed by atoms with Gasteiger partial charge in [0.15, 0.2) is 0 Å². The smallest absolute Gasteiger partial charge is 0.243 e. The summed E-state index contributed by atoms with van der Waals surface area (Å²) in [5.41, 5.74) is 0.479. The van der Waals surface area contributed by atoms with E-state index in [1.165, 1.54) is 4.31 Å². The summed E-state index contributed by atoms with van der Waals surface area (Å²) in [5.74, 6) is -0.0196. The molecule has 1 saturated heterocycles. The second-order valence-corrected chi connectivity index (χ2v) is 9.60. The van der Waals surface area contributed by atoms with Gasteiger partial charge in [-0.15, -0.1) is 0 Å². The minimum atomic E-state index is -3.52. The van der Waals surface area contributed by atoms with Gasteiger partial charge in [-0.2, -0.15) is 4.31 Å². The molecule has 2 aromatic rings. The van der Waals surface area contributed by atoms with E-state index in [2.05, 4.69) is 5.32 Å². The van der Waals surface area contributed by atoms with Crippen LogP contribution >= 0.6 is 11.6 Å². The van der Waals surface area contributed by atoms with Gasteiger partial charge in [0.2, 0.25) is 15.9 Å². The van der Waals surface area contributed by atoms with Crippen LogP contribution in [0.3, 0.4) is 0 Å². The number of carbonyl (C=O) groups excluding carboxylic acids is 1. The second kappa shape index (κ2) is 6.93. The Morgan fingerprint density at radius 1 is 1.07 bits per heavy atom. The number of sulfonamides is 1. The fourth-order valence-electron chi connectivity index (χ4n) is 3.67. The van der Waals surface area contributed by atoms with E-state index in [0.29, 0.717) is 24.5 Å². The molecule has 142 valence electrons. The molecule has 1 atom stereocenters. The van der Waals surface area contributed by atoms with Crippen molar-refractivity contribution in [2.75, 3.05) is 13.1 Å². The van der Waals surface area contributed by atoms with E-state index in [9.17, 15) is 13.2 Å². The van der Waals surface area contributed by atoms with E-state index in [-0.39, 0.29) is 16.8 Å². The zero-order valence-corrected chi connectivity index (χ0v) is 16.3. The van der Waals surface area contributed by atoms with E-state index in [0.717, 1.165) is 18.4 Å². The molecule has 0 aromatic heterocycles. The van der Waals surface area contributed by atoms with Gasteiger partial charge < -0.3 is 5.32 Å². The van der Waals surface area contributed by atoms with Crippen molar-refractivity contribution < 1.29 is 13.2 Å². The highest BCUT2D eigenvalue weighted by Crippen LogP contribution is 2.48. The Bertz CT molecular complexity index is 941. The van der Waals surface area contributed by atoms with Crippen molar-refractivity contribution in [3.8, 4) is 0 Å². The summed E-state index contributed by atoms with van der Waals surface area (Å²) in [5, 5.41) is 3.72. The SMILES string of the molecule is O=C(N[C@H]1CCN(S(=O)(=O)c2ccccc2)C1)C1(c2ccc(Cl)cc2)CC1. The monoisotopic (exact) mass is 404 g/mol. The van der Waals surface area contributed by atoms with Gasteiger partial charge in [-0.25, -0.2) is 8.42 Å². The highest BCUT2D eigenvalue weighted by molar-refractivity contribution is 7.89. The molecule has 1 heterocycles. The summed E-state index contributed by atoms with van der Waals surface area (Å²) in [7, 11) is -3.52. The summed E-state index contributed by atoms with van der Waals surface area (Å²) < 4.78 is 26.9. The molecule has 2 fully saturated rings. The largest absolute Gasteiger partial charge is 0.351 e. The maximum atomic E-state index is 12.9. The number of halogens is 1. The number of hydrogen-bond donors (Lipinski definition) is 1. The summed E-state index contributed by atoms with van der Waals surface area (Å²) in [6.45, 7) is 0.718. The Balaban J connectivity index is 1.43. The van der Waals surface area contributed by atoms with Crippen molar-refractivity contribution in [2.24, 2.45) is 0 Å². The molecule has 27 heavy (non-hydrogen) atoms. The first kappa shape index (κ1) is 18.5. The number of nitrogens with zero attached hydrogens (tertiary/aromatic N) is 1. The van der Waals surface area contributed by atoms with Crippen LogP contribution in [0.5, 0.6) is 0 Å². The second-order valence-electron chi connectivity index (χ2n) is 7.22. The Morgan fingerprint density at radius 3 is 2.37 bits per heavy atom. The zero-order valence-electron chi connectivity index (χ0n) is 14.8. The summed E-state index contributed by atoms with van der Waals surface area (Å²) in [4.78, 5) is 13.2. The first-order valence-corrected chi connectivity index (χ1v) is 10.9. The molecule has 1 aliphatic carbocycles. The molecule has 2 aliphatic rings. The molecular weight excluding hydrogens is 384 g/mol. The van der Waals surface area contributed by atoms with Crippen LogP contribution in [0.4, 0.5) is 0 Å². The van der Waals surface area contributed by atoms with Crippen molar-refractivity contribution in [3.05, 3.63) is 65.2 Å². The number of benzene rings is 2. The lowest BCUT2D eigenvalue weighted by molar-refractivity contribution is -0.124. The van der Waals surface area contributed by atoms with Crippen LogP contribution < -0.4 is 5.32 Å². The molecule has 4 rings (SSSR count). The Hall–Kier alpha value is -1.89. The van der Waals surface area contributed by atoms with Crippen LogP contribution in [0.15, 0.2) is 59.5 Å². The predicted octanol–water partition coefficient (Wildman–Crippen LogP) is 2.95. The van der Waals surface area contributed by atoms with Crippen molar-refractivity contribution in [3.63, 3.8) is 0 Å². The van der Waals surface area contributed by atoms with Gasteiger partial charge in [0.1, 0.15) is 0 Å². The zero-order chi connectivity index (χ0) is 19.1. The van der Waals surface area contributed by atoms with Crippen LogP contribution in [0.2, 0.25) is 5.02 Å². The number of rotatable bonds is 5. The molecule has 0 unspecified atom stereocenters. The van der Waals surface area contributed by atoms with E-state index < -0.39 is 15.4 Å². The quantitative estimate of drug-likeness (QED) is 0.833. The van der Waals surface area contributed by atoms with Gasteiger partial charge >= 0.3 is 0 Å². The Labute approximate surface area is 164 Å². The number of hydrogen-bond acceptors (Lipinski definition) is 3. The molecule has 2 aromatic carbocycles. The first-order valence-electron chi connectivity index (χ1n) is 9.04. The number of nitrogens with one attached hydrogen (secondary N) is 1. The van der Waals surface area contributed by atoms with E-state index in [1.807, 2.05) is 12.1 Å². The van der Waals surface area contributed by atoms with Gasteiger partial charge in [0.25, 0.3) is 0 Å². The van der Waals surface area contributed by atoms with Gasteiger partial charge in [0, 0.05) is 24.2 Å². The molecule has 5 nitrogen and oxygen atoms in total. The molecule has 7 heteroatoms. The van der Waals surface area contributed by atoms with Gasteiger partial charge in [0.05, 0.1) is 10.3 Å². The molecule has 1 saturated carbocycles. The third kappa shape index (κ3) is 3.49. The van der Waals surface area contributed by atoms with Crippen molar-refractivity contribution in [1.29, 1.82) is 0 Å². The van der Waals surface area contributed by atoms with Crippen molar-refractivity contribution >= 4 is 27.5 Å². The third-order valence-corrected chi connectivity index (χ3v) is 7.58. The fourth-order valence-corrected chi connectivity index (χ4v) is 5.32. The minimum absolute atomic E-state index is 0.0196.